The Morgan fingerprint density at radius 1 is 1.32 bits per heavy atom. The van der Waals surface area contributed by atoms with Crippen molar-refractivity contribution in [3.8, 4) is 0 Å². The molecule has 0 aliphatic carbocycles. The maximum absolute atomic E-state index is 10.5. The molecule has 3 rings (SSSR count). The normalized spacial score (nSPS) is 25.4. The van der Waals surface area contributed by atoms with Crippen LogP contribution in [-0.4, -0.2) is 59.3 Å². The minimum atomic E-state index is -0.600. The molecule has 2 heterocycles. The van der Waals surface area contributed by atoms with Crippen LogP contribution in [0.4, 0.5) is 0 Å². The Morgan fingerprint density at radius 3 is 2.72 bits per heavy atom. The molecule has 1 atom stereocenters. The molecule has 25 heavy (non-hydrogen) atoms. The molecule has 2 fully saturated rings. The lowest BCUT2D eigenvalue weighted by molar-refractivity contribution is 0.0774. The molecule has 0 saturated carbocycles. The van der Waals surface area contributed by atoms with Crippen molar-refractivity contribution in [2.45, 2.75) is 38.2 Å². The first kappa shape index (κ1) is 18.6. The molecular weight excluding hydrogens is 330 g/mol. The monoisotopic (exact) mass is 361 g/mol. The highest BCUT2D eigenvalue weighted by atomic mass is 32.2. The van der Waals surface area contributed by atoms with E-state index in [-0.39, 0.29) is 0 Å². The summed E-state index contributed by atoms with van der Waals surface area (Å²) < 4.78 is 0. The van der Waals surface area contributed by atoms with Gasteiger partial charge in [-0.25, -0.2) is 0 Å². The summed E-state index contributed by atoms with van der Waals surface area (Å²) >= 11 is 1.83. The number of guanidine groups is 1. The Morgan fingerprint density at radius 2 is 2.08 bits per heavy atom. The van der Waals surface area contributed by atoms with Gasteiger partial charge in [0.15, 0.2) is 5.96 Å². The average molecular weight is 362 g/mol. The summed E-state index contributed by atoms with van der Waals surface area (Å²) in [6.45, 7) is 5.60. The number of aliphatic hydroxyl groups is 1. The SMILES string of the molecule is CCNC(=NCC1(O)CCSC1)N1CCC(Cc2ccccc2)CC1. The van der Waals surface area contributed by atoms with Crippen molar-refractivity contribution in [3.05, 3.63) is 35.9 Å². The summed E-state index contributed by atoms with van der Waals surface area (Å²) in [5.74, 6) is 3.60. The first-order valence-electron chi connectivity index (χ1n) is 9.56. The van der Waals surface area contributed by atoms with E-state index in [9.17, 15) is 5.11 Å². The summed E-state index contributed by atoms with van der Waals surface area (Å²) in [5.41, 5.74) is 0.847. The number of aliphatic imine (C=N–C) groups is 1. The van der Waals surface area contributed by atoms with E-state index in [0.29, 0.717) is 6.54 Å². The maximum Gasteiger partial charge on any atom is 0.194 e. The second-order valence-corrected chi connectivity index (χ2v) is 8.42. The molecule has 0 spiro atoms. The molecule has 2 saturated heterocycles. The molecule has 5 heteroatoms. The summed E-state index contributed by atoms with van der Waals surface area (Å²) in [6.07, 6.45) is 4.46. The highest BCUT2D eigenvalue weighted by Crippen LogP contribution is 2.28. The van der Waals surface area contributed by atoms with Gasteiger partial charge in [-0.05, 0) is 49.8 Å². The summed E-state index contributed by atoms with van der Waals surface area (Å²) in [5, 5.41) is 14.0. The van der Waals surface area contributed by atoms with Crippen LogP contribution in [-0.2, 0) is 6.42 Å². The molecule has 0 amide bonds. The van der Waals surface area contributed by atoms with Gasteiger partial charge in [-0.1, -0.05) is 30.3 Å². The van der Waals surface area contributed by atoms with Gasteiger partial charge < -0.3 is 15.3 Å². The van der Waals surface area contributed by atoms with E-state index in [4.69, 9.17) is 4.99 Å². The molecule has 0 bridgehead atoms. The van der Waals surface area contributed by atoms with Gasteiger partial charge in [0.05, 0.1) is 12.1 Å². The quantitative estimate of drug-likeness (QED) is 0.625. The van der Waals surface area contributed by atoms with E-state index < -0.39 is 5.60 Å². The van der Waals surface area contributed by atoms with Gasteiger partial charge in [0.2, 0.25) is 0 Å². The first-order valence-corrected chi connectivity index (χ1v) is 10.7. The third kappa shape index (κ3) is 5.38. The number of rotatable bonds is 5. The fraction of sp³-hybridized carbons (Fsp3) is 0.650. The standard InChI is InChI=1S/C20H31N3OS/c1-2-21-19(22-15-20(24)10-13-25-16-20)23-11-8-18(9-12-23)14-17-6-4-3-5-7-17/h3-7,18,24H,2,8-16H2,1H3,(H,21,22). The molecule has 1 aromatic rings. The third-order valence-corrected chi connectivity index (χ3v) is 6.46. The lowest BCUT2D eigenvalue weighted by Crippen LogP contribution is -2.46. The predicted octanol–water partition coefficient (Wildman–Crippen LogP) is 2.77. The zero-order valence-corrected chi connectivity index (χ0v) is 16.1. The number of hydrogen-bond donors (Lipinski definition) is 2. The van der Waals surface area contributed by atoms with Crippen LogP contribution in [0.15, 0.2) is 35.3 Å². The lowest BCUT2D eigenvalue weighted by Gasteiger charge is -2.34. The molecule has 1 unspecified atom stereocenters. The minimum absolute atomic E-state index is 0.520. The van der Waals surface area contributed by atoms with E-state index in [0.717, 1.165) is 49.4 Å². The lowest BCUT2D eigenvalue weighted by atomic mass is 9.90. The maximum atomic E-state index is 10.5. The highest BCUT2D eigenvalue weighted by Gasteiger charge is 2.32. The molecule has 1 aromatic carbocycles. The highest BCUT2D eigenvalue weighted by molar-refractivity contribution is 7.99. The number of benzene rings is 1. The van der Waals surface area contributed by atoms with E-state index in [2.05, 4.69) is 47.5 Å². The fourth-order valence-corrected chi connectivity index (χ4v) is 4.95. The number of likely N-dealkylation sites (tertiary alicyclic amines) is 1. The smallest absolute Gasteiger partial charge is 0.194 e. The van der Waals surface area contributed by atoms with Crippen LogP contribution in [0.25, 0.3) is 0 Å². The van der Waals surface area contributed by atoms with Crippen molar-refractivity contribution >= 4 is 17.7 Å². The Hall–Kier alpha value is -1.20. The number of thioether (sulfide) groups is 1. The molecule has 2 N–H and O–H groups in total. The van der Waals surface area contributed by atoms with E-state index in [1.165, 1.54) is 24.8 Å². The van der Waals surface area contributed by atoms with Crippen molar-refractivity contribution in [2.75, 3.05) is 37.7 Å². The van der Waals surface area contributed by atoms with Crippen LogP contribution in [0.2, 0.25) is 0 Å². The molecule has 4 nitrogen and oxygen atoms in total. The van der Waals surface area contributed by atoms with Gasteiger partial charge in [0, 0.05) is 25.4 Å². The molecule has 138 valence electrons. The average Bonchev–Trinajstić information content (AvgIpc) is 3.07. The zero-order valence-electron chi connectivity index (χ0n) is 15.3. The summed E-state index contributed by atoms with van der Waals surface area (Å²) in [6, 6.07) is 10.8. The van der Waals surface area contributed by atoms with Crippen LogP contribution in [0.3, 0.4) is 0 Å². The van der Waals surface area contributed by atoms with Crippen molar-refractivity contribution in [3.63, 3.8) is 0 Å². The van der Waals surface area contributed by atoms with E-state index >= 15 is 0 Å². The van der Waals surface area contributed by atoms with Gasteiger partial charge in [0.25, 0.3) is 0 Å². The van der Waals surface area contributed by atoms with Crippen molar-refractivity contribution < 1.29 is 5.11 Å². The Balaban J connectivity index is 1.53. The fourth-order valence-electron chi connectivity index (χ4n) is 3.67. The Bertz CT molecular complexity index is 549. The third-order valence-electron chi connectivity index (χ3n) is 5.22. The number of nitrogens with one attached hydrogen (secondary N) is 1. The van der Waals surface area contributed by atoms with Crippen LogP contribution in [0.1, 0.15) is 31.7 Å². The molecule has 0 aromatic heterocycles. The van der Waals surface area contributed by atoms with Gasteiger partial charge in [-0.15, -0.1) is 0 Å². The second kappa shape index (κ2) is 8.95. The van der Waals surface area contributed by atoms with Crippen molar-refractivity contribution in [1.82, 2.24) is 10.2 Å². The van der Waals surface area contributed by atoms with E-state index in [1.54, 1.807) is 0 Å². The minimum Gasteiger partial charge on any atom is -0.387 e. The summed E-state index contributed by atoms with van der Waals surface area (Å²) in [7, 11) is 0. The largest absolute Gasteiger partial charge is 0.387 e. The van der Waals surface area contributed by atoms with Gasteiger partial charge in [0.1, 0.15) is 0 Å². The van der Waals surface area contributed by atoms with Crippen molar-refractivity contribution in [1.29, 1.82) is 0 Å². The zero-order chi connectivity index (χ0) is 17.5. The molecule has 0 radical (unpaired) electrons. The number of hydrogen-bond acceptors (Lipinski definition) is 3. The number of piperidine rings is 1. The number of nitrogens with zero attached hydrogens (tertiary/aromatic N) is 2. The Labute approximate surface area is 156 Å². The topological polar surface area (TPSA) is 47.9 Å². The summed E-state index contributed by atoms with van der Waals surface area (Å²) in [4.78, 5) is 7.14. The van der Waals surface area contributed by atoms with Gasteiger partial charge in [-0.2, -0.15) is 11.8 Å². The second-order valence-electron chi connectivity index (χ2n) is 7.32. The van der Waals surface area contributed by atoms with Crippen LogP contribution in [0.5, 0.6) is 0 Å². The predicted molar refractivity (Wildman–Crippen MR) is 107 cm³/mol. The first-order chi connectivity index (χ1) is 12.2. The van der Waals surface area contributed by atoms with Gasteiger partial charge >= 0.3 is 0 Å². The van der Waals surface area contributed by atoms with Crippen LogP contribution >= 0.6 is 11.8 Å². The molecular formula is C20H31N3OS. The van der Waals surface area contributed by atoms with Crippen molar-refractivity contribution in [2.24, 2.45) is 10.9 Å². The Kier molecular flexibility index (Phi) is 6.65. The molecule has 2 aliphatic rings. The van der Waals surface area contributed by atoms with Crippen LogP contribution in [0, 0.1) is 5.92 Å². The van der Waals surface area contributed by atoms with E-state index in [1.807, 2.05) is 11.8 Å². The van der Waals surface area contributed by atoms with Gasteiger partial charge in [-0.3, -0.25) is 4.99 Å². The molecule has 2 aliphatic heterocycles. The van der Waals surface area contributed by atoms with Crippen LogP contribution < -0.4 is 5.32 Å².